The first-order chi connectivity index (χ1) is 13.5. The van der Waals surface area contributed by atoms with Gasteiger partial charge in [-0.3, -0.25) is 0 Å². The largest absolute Gasteiger partial charge is 0.495 e. The molecular formula is C20H24N2O5S. The lowest BCUT2D eigenvalue weighted by Crippen LogP contribution is -2.48. The predicted molar refractivity (Wildman–Crippen MR) is 106 cm³/mol. The maximum Gasteiger partial charge on any atom is 0.338 e. The van der Waals surface area contributed by atoms with Gasteiger partial charge in [-0.1, -0.05) is 18.2 Å². The van der Waals surface area contributed by atoms with Gasteiger partial charge in [0.2, 0.25) is 10.0 Å². The fraction of sp³-hybridized carbons (Fsp3) is 0.350. The van der Waals surface area contributed by atoms with E-state index in [1.807, 2.05) is 24.3 Å². The predicted octanol–water partition coefficient (Wildman–Crippen LogP) is 2.38. The van der Waals surface area contributed by atoms with E-state index in [0.717, 1.165) is 11.4 Å². The molecule has 1 saturated heterocycles. The van der Waals surface area contributed by atoms with Crippen molar-refractivity contribution in [3.63, 3.8) is 0 Å². The SMILES string of the molecule is CCOC(=O)c1cccc(S(=O)(=O)N2CCN(c3ccccc3OC)CC2)c1. The third-order valence-electron chi connectivity index (χ3n) is 4.65. The monoisotopic (exact) mass is 404 g/mol. The lowest BCUT2D eigenvalue weighted by atomic mass is 10.2. The number of rotatable bonds is 6. The van der Waals surface area contributed by atoms with Crippen molar-refractivity contribution < 1.29 is 22.7 Å². The first-order valence-electron chi connectivity index (χ1n) is 9.12. The van der Waals surface area contributed by atoms with Gasteiger partial charge in [-0.2, -0.15) is 4.31 Å². The van der Waals surface area contributed by atoms with E-state index in [-0.39, 0.29) is 17.1 Å². The van der Waals surface area contributed by atoms with Crippen LogP contribution >= 0.6 is 0 Å². The summed E-state index contributed by atoms with van der Waals surface area (Å²) in [5.41, 5.74) is 1.18. The molecule has 2 aromatic rings. The molecule has 1 heterocycles. The molecule has 150 valence electrons. The number of anilines is 1. The minimum absolute atomic E-state index is 0.101. The number of hydrogen-bond donors (Lipinski definition) is 0. The first-order valence-corrected chi connectivity index (χ1v) is 10.6. The van der Waals surface area contributed by atoms with Crippen LogP contribution in [-0.2, 0) is 14.8 Å². The molecule has 1 aliphatic heterocycles. The molecule has 8 heteroatoms. The van der Waals surface area contributed by atoms with E-state index in [2.05, 4.69) is 4.90 Å². The Morgan fingerprint density at radius 2 is 1.75 bits per heavy atom. The second-order valence-electron chi connectivity index (χ2n) is 6.31. The van der Waals surface area contributed by atoms with Gasteiger partial charge in [0.15, 0.2) is 0 Å². The Kier molecular flexibility index (Phi) is 6.21. The molecule has 0 aliphatic carbocycles. The smallest absolute Gasteiger partial charge is 0.338 e. The van der Waals surface area contributed by atoms with Crippen molar-refractivity contribution in [1.82, 2.24) is 4.31 Å². The number of para-hydroxylation sites is 2. The van der Waals surface area contributed by atoms with Crippen molar-refractivity contribution in [3.8, 4) is 5.75 Å². The van der Waals surface area contributed by atoms with Crippen LogP contribution in [0.2, 0.25) is 0 Å². The number of ether oxygens (including phenoxy) is 2. The van der Waals surface area contributed by atoms with E-state index in [9.17, 15) is 13.2 Å². The molecule has 0 bridgehead atoms. The standard InChI is InChI=1S/C20H24N2O5S/c1-3-27-20(23)16-7-6-8-17(15-16)28(24,25)22-13-11-21(12-14-22)18-9-4-5-10-19(18)26-2/h4-10,15H,3,11-14H2,1-2H3. The number of sulfonamides is 1. The Bertz CT molecular complexity index is 937. The van der Waals surface area contributed by atoms with Crippen molar-refractivity contribution >= 4 is 21.7 Å². The van der Waals surface area contributed by atoms with Crippen molar-refractivity contribution in [1.29, 1.82) is 0 Å². The highest BCUT2D eigenvalue weighted by Gasteiger charge is 2.29. The number of piperazine rings is 1. The maximum atomic E-state index is 13.0. The average molecular weight is 404 g/mol. The van der Waals surface area contributed by atoms with Crippen molar-refractivity contribution in [2.75, 3.05) is 44.8 Å². The van der Waals surface area contributed by atoms with Gasteiger partial charge < -0.3 is 14.4 Å². The van der Waals surface area contributed by atoms with Crippen molar-refractivity contribution in [3.05, 3.63) is 54.1 Å². The second-order valence-corrected chi connectivity index (χ2v) is 8.25. The van der Waals surface area contributed by atoms with Crippen LogP contribution in [0.3, 0.4) is 0 Å². The van der Waals surface area contributed by atoms with Gasteiger partial charge in [0, 0.05) is 26.2 Å². The van der Waals surface area contributed by atoms with Crippen LogP contribution in [0, 0.1) is 0 Å². The Morgan fingerprint density at radius 1 is 1.04 bits per heavy atom. The van der Waals surface area contributed by atoms with E-state index in [1.165, 1.54) is 16.4 Å². The fourth-order valence-corrected chi connectivity index (χ4v) is 4.68. The third-order valence-corrected chi connectivity index (χ3v) is 6.54. The molecule has 1 fully saturated rings. The van der Waals surface area contributed by atoms with E-state index >= 15 is 0 Å². The quantitative estimate of drug-likeness (QED) is 0.688. The molecule has 0 N–H and O–H groups in total. The molecule has 0 radical (unpaired) electrons. The van der Waals surface area contributed by atoms with Gasteiger partial charge in [-0.05, 0) is 37.3 Å². The summed E-state index contributed by atoms with van der Waals surface area (Å²) in [5.74, 6) is 0.237. The minimum atomic E-state index is -3.69. The highest BCUT2D eigenvalue weighted by molar-refractivity contribution is 7.89. The Labute approximate surface area is 165 Å². The van der Waals surface area contributed by atoms with E-state index in [0.29, 0.717) is 26.2 Å². The molecule has 28 heavy (non-hydrogen) atoms. The van der Waals surface area contributed by atoms with Crippen LogP contribution < -0.4 is 9.64 Å². The summed E-state index contributed by atoms with van der Waals surface area (Å²) < 4.78 is 37.8. The highest BCUT2D eigenvalue weighted by atomic mass is 32.2. The number of hydrogen-bond acceptors (Lipinski definition) is 6. The van der Waals surface area contributed by atoms with Crippen LogP contribution in [0.5, 0.6) is 5.75 Å². The zero-order valence-corrected chi connectivity index (χ0v) is 16.8. The molecule has 7 nitrogen and oxygen atoms in total. The zero-order chi connectivity index (χ0) is 20.1. The molecule has 0 unspecified atom stereocenters. The van der Waals surface area contributed by atoms with E-state index in [1.54, 1.807) is 26.2 Å². The highest BCUT2D eigenvalue weighted by Crippen LogP contribution is 2.29. The number of nitrogens with zero attached hydrogens (tertiary/aromatic N) is 2. The summed E-state index contributed by atoms with van der Waals surface area (Å²) in [6.45, 7) is 3.75. The van der Waals surface area contributed by atoms with Gasteiger partial charge >= 0.3 is 5.97 Å². The lowest BCUT2D eigenvalue weighted by molar-refractivity contribution is 0.0526. The molecule has 2 aromatic carbocycles. The Morgan fingerprint density at radius 3 is 2.43 bits per heavy atom. The van der Waals surface area contributed by atoms with Gasteiger partial charge in [-0.25, -0.2) is 13.2 Å². The lowest BCUT2D eigenvalue weighted by Gasteiger charge is -2.35. The molecule has 0 aromatic heterocycles. The molecule has 0 saturated carbocycles. The maximum absolute atomic E-state index is 13.0. The van der Waals surface area contributed by atoms with E-state index in [4.69, 9.17) is 9.47 Å². The number of carbonyl (C=O) groups excluding carboxylic acids is 1. The van der Waals surface area contributed by atoms with Gasteiger partial charge in [0.05, 0.1) is 29.9 Å². The summed E-state index contributed by atoms with van der Waals surface area (Å²) >= 11 is 0. The molecule has 0 atom stereocenters. The van der Waals surface area contributed by atoms with Crippen LogP contribution in [-0.4, -0.2) is 58.6 Å². The number of benzene rings is 2. The van der Waals surface area contributed by atoms with Gasteiger partial charge in [0.25, 0.3) is 0 Å². The Balaban J connectivity index is 1.75. The van der Waals surface area contributed by atoms with Crippen LogP contribution in [0.1, 0.15) is 17.3 Å². The summed E-state index contributed by atoms with van der Waals surface area (Å²) in [6, 6.07) is 13.7. The number of methoxy groups -OCH3 is 1. The van der Waals surface area contributed by atoms with Crippen LogP contribution in [0.15, 0.2) is 53.4 Å². The molecule has 1 aliphatic rings. The van der Waals surface area contributed by atoms with Crippen molar-refractivity contribution in [2.24, 2.45) is 0 Å². The summed E-state index contributed by atoms with van der Waals surface area (Å²) in [4.78, 5) is 14.1. The first kappa shape index (κ1) is 20.2. The Hall–Kier alpha value is -2.58. The average Bonchev–Trinajstić information content (AvgIpc) is 2.74. The topological polar surface area (TPSA) is 76.2 Å². The van der Waals surface area contributed by atoms with Crippen LogP contribution in [0.4, 0.5) is 5.69 Å². The van der Waals surface area contributed by atoms with E-state index < -0.39 is 16.0 Å². The third kappa shape index (κ3) is 4.13. The summed E-state index contributed by atoms with van der Waals surface area (Å²) in [5, 5.41) is 0. The summed E-state index contributed by atoms with van der Waals surface area (Å²) in [6.07, 6.45) is 0. The normalized spacial score (nSPS) is 15.3. The molecule has 0 amide bonds. The molecule has 3 rings (SSSR count). The minimum Gasteiger partial charge on any atom is -0.495 e. The number of carbonyl (C=O) groups is 1. The molecular weight excluding hydrogens is 380 g/mol. The zero-order valence-electron chi connectivity index (χ0n) is 16.0. The molecule has 0 spiro atoms. The van der Waals surface area contributed by atoms with Crippen molar-refractivity contribution in [2.45, 2.75) is 11.8 Å². The second kappa shape index (κ2) is 8.62. The van der Waals surface area contributed by atoms with Crippen LogP contribution in [0.25, 0.3) is 0 Å². The summed E-state index contributed by atoms with van der Waals surface area (Å²) in [7, 11) is -2.07. The number of esters is 1. The van der Waals surface area contributed by atoms with Gasteiger partial charge in [-0.15, -0.1) is 0 Å². The fourth-order valence-electron chi connectivity index (χ4n) is 3.21. The van der Waals surface area contributed by atoms with Gasteiger partial charge in [0.1, 0.15) is 5.75 Å².